The topological polar surface area (TPSA) is 147 Å². The number of ether oxygens (including phenoxy) is 1. The van der Waals surface area contributed by atoms with Crippen molar-refractivity contribution in [3.63, 3.8) is 0 Å². The Balaban J connectivity index is 0.916. The van der Waals surface area contributed by atoms with E-state index in [4.69, 9.17) is 4.74 Å². The van der Waals surface area contributed by atoms with Crippen LogP contribution in [-0.4, -0.2) is 84.4 Å². The lowest BCUT2D eigenvalue weighted by atomic mass is 9.68. The second-order valence-corrected chi connectivity index (χ2v) is 14.8. The molecule has 8 rings (SSSR count). The van der Waals surface area contributed by atoms with Crippen LogP contribution in [0.3, 0.4) is 0 Å². The number of carbonyl (C=O) groups excluding carboxylic acids is 1. The summed E-state index contributed by atoms with van der Waals surface area (Å²) in [4.78, 5) is 29.8. The Bertz CT molecular complexity index is 1880. The Hall–Kier alpha value is -4.85. The lowest BCUT2D eigenvalue weighted by Gasteiger charge is -2.57. The first-order valence-electron chi connectivity index (χ1n) is 17.5. The zero-order valence-corrected chi connectivity index (χ0v) is 28.6. The second kappa shape index (κ2) is 13.1. The van der Waals surface area contributed by atoms with Crippen LogP contribution in [-0.2, 0) is 4.79 Å². The molecular formula is C36H42FN11O2. The number of hydrogen-bond acceptors (Lipinski definition) is 12. The second-order valence-electron chi connectivity index (χ2n) is 14.8. The van der Waals surface area contributed by atoms with Gasteiger partial charge in [0.25, 0.3) is 5.88 Å². The van der Waals surface area contributed by atoms with E-state index in [2.05, 4.69) is 69.6 Å². The predicted molar refractivity (Wildman–Crippen MR) is 185 cm³/mol. The van der Waals surface area contributed by atoms with E-state index in [1.807, 2.05) is 6.07 Å². The Morgan fingerprint density at radius 2 is 1.86 bits per heavy atom. The molecule has 2 saturated carbocycles. The highest BCUT2D eigenvalue weighted by atomic mass is 19.1. The smallest absolute Gasteiger partial charge is 0.282 e. The molecule has 4 fully saturated rings. The highest BCUT2D eigenvalue weighted by molar-refractivity contribution is 5.87. The van der Waals surface area contributed by atoms with E-state index in [0.29, 0.717) is 58.7 Å². The predicted octanol–water partition coefficient (Wildman–Crippen LogP) is 5.31. The Morgan fingerprint density at radius 1 is 1.02 bits per heavy atom. The van der Waals surface area contributed by atoms with Crippen molar-refractivity contribution in [2.24, 2.45) is 17.3 Å². The number of benzene rings is 1. The highest BCUT2D eigenvalue weighted by Crippen LogP contribution is 2.49. The third kappa shape index (κ3) is 6.55. The summed E-state index contributed by atoms with van der Waals surface area (Å²) in [5.41, 5.74) is 3.34. The summed E-state index contributed by atoms with van der Waals surface area (Å²) < 4.78 is 21.0. The molecule has 1 aromatic carbocycles. The van der Waals surface area contributed by atoms with Gasteiger partial charge in [-0.05, 0) is 62.1 Å². The van der Waals surface area contributed by atoms with E-state index < -0.39 is 0 Å². The van der Waals surface area contributed by atoms with Gasteiger partial charge in [-0.2, -0.15) is 5.10 Å². The molecule has 14 heteroatoms. The van der Waals surface area contributed by atoms with Crippen molar-refractivity contribution in [2.75, 3.05) is 41.7 Å². The molecule has 1 atom stereocenters. The van der Waals surface area contributed by atoms with Crippen molar-refractivity contribution in [3.05, 3.63) is 60.8 Å². The van der Waals surface area contributed by atoms with Crippen LogP contribution < -0.4 is 20.3 Å². The van der Waals surface area contributed by atoms with Gasteiger partial charge in [0, 0.05) is 79.9 Å². The number of nitrogens with one attached hydrogen (secondary N) is 2. The van der Waals surface area contributed by atoms with Crippen molar-refractivity contribution in [1.29, 1.82) is 0 Å². The van der Waals surface area contributed by atoms with Gasteiger partial charge < -0.3 is 20.3 Å². The first-order chi connectivity index (χ1) is 24.2. The van der Waals surface area contributed by atoms with Crippen LogP contribution in [0.4, 0.5) is 21.7 Å². The molecular weight excluding hydrogens is 637 g/mol. The number of likely N-dealkylation sites (tertiary alicyclic amines) is 1. The number of hydrogen-bond donors (Lipinski definition) is 2. The molecule has 13 nitrogen and oxygen atoms in total. The molecule has 0 radical (unpaired) electrons. The number of nitrogens with zero attached hydrogens (tertiary/aromatic N) is 9. The van der Waals surface area contributed by atoms with Crippen molar-refractivity contribution >= 4 is 23.2 Å². The summed E-state index contributed by atoms with van der Waals surface area (Å²) in [5, 5.41) is 22.7. The zero-order valence-electron chi connectivity index (χ0n) is 28.6. The van der Waals surface area contributed by atoms with Gasteiger partial charge >= 0.3 is 0 Å². The fourth-order valence-corrected chi connectivity index (χ4v) is 8.32. The van der Waals surface area contributed by atoms with E-state index in [0.717, 1.165) is 75.2 Å². The van der Waals surface area contributed by atoms with E-state index in [-0.39, 0.29) is 17.1 Å². The molecule has 2 aliphatic heterocycles. The van der Waals surface area contributed by atoms with Gasteiger partial charge in [0.15, 0.2) is 11.6 Å². The maximum absolute atomic E-state index is 14.6. The van der Waals surface area contributed by atoms with Crippen LogP contribution in [0.25, 0.3) is 11.1 Å². The SMILES string of the molecule is CC(=O)Nc1cc(NC2CC([C@@H](C(C)C)N3CC4(CCN(c5ncnnc5Oc5ccc(F)cc5-c5cncnc5C5CC5)C4)C3)C2)cnn1. The van der Waals surface area contributed by atoms with Crippen LogP contribution in [0.2, 0.25) is 0 Å². The third-order valence-electron chi connectivity index (χ3n) is 10.6. The lowest BCUT2D eigenvalue weighted by Crippen LogP contribution is -2.65. The van der Waals surface area contributed by atoms with Crippen molar-refractivity contribution in [3.8, 4) is 22.8 Å². The monoisotopic (exact) mass is 679 g/mol. The third-order valence-corrected chi connectivity index (χ3v) is 10.6. The molecule has 0 bridgehead atoms. The van der Waals surface area contributed by atoms with Crippen LogP contribution in [0.15, 0.2) is 49.3 Å². The normalized spacial score (nSPS) is 21.8. The summed E-state index contributed by atoms with van der Waals surface area (Å²) in [7, 11) is 0. The lowest BCUT2D eigenvalue weighted by molar-refractivity contribution is -0.114. The van der Waals surface area contributed by atoms with Gasteiger partial charge in [-0.3, -0.25) is 9.69 Å². The molecule has 2 saturated heterocycles. The van der Waals surface area contributed by atoms with E-state index in [1.54, 1.807) is 24.8 Å². The van der Waals surface area contributed by atoms with Gasteiger partial charge in [0.05, 0.1) is 17.6 Å². The average molecular weight is 680 g/mol. The summed E-state index contributed by atoms with van der Waals surface area (Å²) in [6, 6.07) is 7.21. The van der Waals surface area contributed by atoms with Crippen molar-refractivity contribution < 1.29 is 13.9 Å². The number of aromatic nitrogens is 7. The minimum absolute atomic E-state index is 0.166. The molecule has 260 valence electrons. The van der Waals surface area contributed by atoms with Crippen molar-refractivity contribution in [1.82, 2.24) is 40.2 Å². The summed E-state index contributed by atoms with van der Waals surface area (Å²) in [6.07, 6.45) is 11.8. The molecule has 5 heterocycles. The maximum atomic E-state index is 14.6. The van der Waals surface area contributed by atoms with Crippen LogP contribution in [0.1, 0.15) is 64.5 Å². The van der Waals surface area contributed by atoms with E-state index >= 15 is 0 Å². The molecule has 4 aliphatic rings. The number of halogens is 1. The van der Waals surface area contributed by atoms with E-state index in [1.165, 1.54) is 25.4 Å². The van der Waals surface area contributed by atoms with Gasteiger partial charge in [-0.15, -0.1) is 15.3 Å². The summed E-state index contributed by atoms with van der Waals surface area (Å²) in [5.74, 6) is 2.86. The molecule has 0 unspecified atom stereocenters. The van der Waals surface area contributed by atoms with Crippen LogP contribution in [0, 0.1) is 23.1 Å². The largest absolute Gasteiger partial charge is 0.434 e. The first kappa shape index (κ1) is 32.4. The first-order valence-corrected chi connectivity index (χ1v) is 17.5. The van der Waals surface area contributed by atoms with Crippen LogP contribution in [0.5, 0.6) is 11.6 Å². The van der Waals surface area contributed by atoms with Gasteiger partial charge in [-0.1, -0.05) is 13.8 Å². The van der Waals surface area contributed by atoms with Crippen molar-refractivity contribution in [2.45, 2.75) is 70.9 Å². The average Bonchev–Trinajstić information content (AvgIpc) is 3.82. The maximum Gasteiger partial charge on any atom is 0.282 e. The zero-order chi connectivity index (χ0) is 34.4. The molecule has 50 heavy (non-hydrogen) atoms. The Morgan fingerprint density at radius 3 is 2.64 bits per heavy atom. The van der Waals surface area contributed by atoms with Gasteiger partial charge in [0.1, 0.15) is 24.2 Å². The minimum Gasteiger partial charge on any atom is -0.434 e. The van der Waals surface area contributed by atoms with Crippen LogP contribution >= 0.6 is 0 Å². The molecule has 2 aliphatic carbocycles. The molecule has 1 spiro atoms. The number of amides is 1. The molecule has 4 aromatic rings. The fraction of sp³-hybridized carbons (Fsp3) is 0.500. The van der Waals surface area contributed by atoms with E-state index in [9.17, 15) is 9.18 Å². The Kier molecular flexibility index (Phi) is 8.49. The highest BCUT2D eigenvalue weighted by Gasteiger charge is 2.53. The summed E-state index contributed by atoms with van der Waals surface area (Å²) >= 11 is 0. The molecule has 3 aromatic heterocycles. The quantitative estimate of drug-likeness (QED) is 0.212. The van der Waals surface area contributed by atoms with Gasteiger partial charge in [0.2, 0.25) is 5.91 Å². The van der Waals surface area contributed by atoms with Gasteiger partial charge in [-0.25, -0.2) is 19.3 Å². The number of anilines is 3. The molecule has 1 amide bonds. The number of rotatable bonds is 11. The minimum atomic E-state index is -0.358. The number of carbonyl (C=O) groups is 1. The molecule has 2 N–H and O–H groups in total. The Labute approximate surface area is 290 Å². The standard InChI is InChI=1S/C36H42FN11O2/c1-21(2)33(24-10-26(11-24)44-27-13-31(43-22(3)49)45-41-14-27)48-17-36(18-48)8-9-47(16-36)34-35(46-42-20-40-34)50-30-7-6-25(37)12-28(30)29-15-38-19-39-32(29)23-4-5-23/h6-7,12-15,19-21,23-24,26,33H,4-5,8-11,16-18H2,1-3H3,(H2,43,44,45,49)/t24?,26?,33-/m1/s1. The fourth-order valence-electron chi connectivity index (χ4n) is 8.32. The summed E-state index contributed by atoms with van der Waals surface area (Å²) in [6.45, 7) is 9.92.